The summed E-state index contributed by atoms with van der Waals surface area (Å²) >= 11 is 1.43. The third-order valence-corrected chi connectivity index (χ3v) is 9.14. The molecule has 1 aliphatic carbocycles. The van der Waals surface area contributed by atoms with Crippen LogP contribution in [0.25, 0.3) is 0 Å². The fourth-order valence-electron chi connectivity index (χ4n) is 3.93. The zero-order chi connectivity index (χ0) is 23.1. The van der Waals surface area contributed by atoms with Gasteiger partial charge in [-0.3, -0.25) is 10.0 Å². The fraction of sp³-hybridized carbons (Fsp3) is 0.522. The Morgan fingerprint density at radius 3 is 2.32 bits per heavy atom. The molecule has 1 aromatic rings. The van der Waals surface area contributed by atoms with Crippen LogP contribution in [0.15, 0.2) is 52.0 Å². The van der Waals surface area contributed by atoms with Gasteiger partial charge in [0.15, 0.2) is 0 Å². The Balaban J connectivity index is 2.13. The minimum atomic E-state index is -3.49. The van der Waals surface area contributed by atoms with Gasteiger partial charge in [0.05, 0.1) is 6.61 Å². The average molecular weight is 619 g/mol. The summed E-state index contributed by atoms with van der Waals surface area (Å²) in [5, 5.41) is 8.75. The summed E-state index contributed by atoms with van der Waals surface area (Å²) < 4.78 is 33.4. The summed E-state index contributed by atoms with van der Waals surface area (Å²) in [6.45, 7) is 8.92. The molecule has 0 atom stereocenters. The van der Waals surface area contributed by atoms with Gasteiger partial charge in [-0.2, -0.15) is 0 Å². The third-order valence-electron chi connectivity index (χ3n) is 6.06. The van der Waals surface area contributed by atoms with E-state index in [0.29, 0.717) is 12.4 Å². The number of hydrogen-bond donors (Lipinski definition) is 2. The summed E-state index contributed by atoms with van der Waals surface area (Å²) in [5.74, 6) is 0.639. The number of hydrogen-bond acceptors (Lipinski definition) is 6. The molecule has 0 unspecified atom stereocenters. The molecule has 2 rings (SSSR count). The molecule has 31 heavy (non-hydrogen) atoms. The Hall–Kier alpha value is -1.11. The van der Waals surface area contributed by atoms with Crippen molar-refractivity contribution in [1.29, 1.82) is 0 Å². The summed E-state index contributed by atoms with van der Waals surface area (Å²) in [6.07, 6.45) is 5.54. The minimum absolute atomic E-state index is 0.00238. The van der Waals surface area contributed by atoms with Gasteiger partial charge >= 0.3 is 149 Å². The number of nitrogens with one attached hydrogen (secondary N) is 1. The Kier molecular flexibility index (Phi) is 9.84. The number of rotatable bonds is 11. The zero-order valence-electron chi connectivity index (χ0n) is 18.7. The van der Waals surface area contributed by atoms with Crippen molar-refractivity contribution in [3.05, 3.63) is 47.1 Å². The molecule has 0 radical (unpaired) electrons. The molecule has 0 heterocycles. The first-order valence-corrected chi connectivity index (χ1v) is 13.6. The maximum atomic E-state index is 13.0. The SMILES string of the molecule is CC=C(C)/C(COc1ccc(S(=O)(=O)CC2(CONO)CCCC2)cc1)=C(/C)[C](C)=[W]. The molecule has 0 aromatic heterocycles. The van der Waals surface area contributed by atoms with E-state index < -0.39 is 15.3 Å². The molecule has 172 valence electrons. The van der Waals surface area contributed by atoms with Crippen LogP contribution in [0.1, 0.15) is 53.4 Å². The Morgan fingerprint density at radius 2 is 1.81 bits per heavy atom. The number of ether oxygens (including phenoxy) is 1. The normalized spacial score (nSPS) is 17.4. The van der Waals surface area contributed by atoms with E-state index in [4.69, 9.17) is 14.8 Å². The van der Waals surface area contributed by atoms with E-state index in [9.17, 15) is 8.42 Å². The Labute approximate surface area is 197 Å². The molecule has 0 spiro atoms. The Bertz CT molecular complexity index is 929. The standard InChI is InChI=1S/C23H33NO5S.W/c1-5-18(3)22(19(4)6-2)15-28-20-9-11-21(12-10-20)30(26,27)17-23(16-29-24-25)13-7-8-14-23;/h5,9-12,24-25H,7-8,13-17H2,1-4H3;/b18-5?,22-19-;. The summed E-state index contributed by atoms with van der Waals surface area (Å²) in [6, 6.07) is 6.65. The molecule has 0 amide bonds. The molecule has 1 aromatic carbocycles. The van der Waals surface area contributed by atoms with Crippen LogP contribution in [0.5, 0.6) is 5.75 Å². The monoisotopic (exact) mass is 619 g/mol. The van der Waals surface area contributed by atoms with Crippen LogP contribution in [0.2, 0.25) is 0 Å². The fourth-order valence-corrected chi connectivity index (χ4v) is 6.27. The van der Waals surface area contributed by atoms with E-state index in [1.54, 1.807) is 29.9 Å². The second-order valence-corrected chi connectivity index (χ2v) is 12.4. The van der Waals surface area contributed by atoms with E-state index >= 15 is 0 Å². The summed E-state index contributed by atoms with van der Waals surface area (Å²) in [7, 11) is -3.49. The van der Waals surface area contributed by atoms with Crippen LogP contribution in [0.4, 0.5) is 0 Å². The molecule has 2 N–H and O–H groups in total. The first kappa shape index (κ1) is 26.1. The predicted octanol–water partition coefficient (Wildman–Crippen LogP) is 4.33. The number of allylic oxidation sites excluding steroid dienone is 2. The van der Waals surface area contributed by atoms with Crippen LogP contribution in [-0.4, -0.2) is 36.5 Å². The quantitative estimate of drug-likeness (QED) is 0.284. The van der Waals surface area contributed by atoms with Crippen LogP contribution < -0.4 is 10.4 Å². The van der Waals surface area contributed by atoms with E-state index in [-0.39, 0.29) is 17.3 Å². The van der Waals surface area contributed by atoms with Gasteiger partial charge in [-0.1, -0.05) is 18.5 Å². The van der Waals surface area contributed by atoms with E-state index in [0.717, 1.165) is 31.3 Å². The second kappa shape index (κ2) is 11.7. The van der Waals surface area contributed by atoms with Crippen molar-refractivity contribution >= 4 is 13.7 Å². The zero-order valence-corrected chi connectivity index (χ0v) is 22.5. The van der Waals surface area contributed by atoms with Crippen LogP contribution >= 0.6 is 0 Å². The first-order chi connectivity index (χ1) is 14.6. The van der Waals surface area contributed by atoms with Gasteiger partial charge in [0.1, 0.15) is 0 Å². The van der Waals surface area contributed by atoms with Gasteiger partial charge in [-0.25, -0.2) is 0 Å². The van der Waals surface area contributed by atoms with E-state index in [2.05, 4.69) is 26.8 Å². The van der Waals surface area contributed by atoms with Crippen LogP contribution in [0.3, 0.4) is 0 Å². The second-order valence-electron chi connectivity index (χ2n) is 8.24. The molecule has 1 saturated carbocycles. The van der Waals surface area contributed by atoms with Crippen molar-refractivity contribution in [2.24, 2.45) is 5.41 Å². The predicted molar refractivity (Wildman–Crippen MR) is 119 cm³/mol. The van der Waals surface area contributed by atoms with E-state index in [1.165, 1.54) is 34.4 Å². The molecular weight excluding hydrogens is 586 g/mol. The number of benzene rings is 1. The van der Waals surface area contributed by atoms with Crippen LogP contribution in [-0.2, 0) is 34.0 Å². The molecular formula is C23H33NO5SW. The van der Waals surface area contributed by atoms with Gasteiger partial charge < -0.3 is 0 Å². The van der Waals surface area contributed by atoms with Crippen molar-refractivity contribution in [2.75, 3.05) is 19.0 Å². The molecule has 1 fully saturated rings. The van der Waals surface area contributed by atoms with Crippen LogP contribution in [0, 0.1) is 5.41 Å². The molecule has 0 saturated heterocycles. The summed E-state index contributed by atoms with van der Waals surface area (Å²) in [5.41, 5.74) is 4.79. The molecule has 8 heteroatoms. The number of sulfone groups is 1. The maximum absolute atomic E-state index is 13.0. The van der Waals surface area contributed by atoms with Gasteiger partial charge in [0.25, 0.3) is 0 Å². The van der Waals surface area contributed by atoms with Gasteiger partial charge in [-0.15, -0.1) is 0 Å². The molecule has 0 aliphatic heterocycles. The Morgan fingerprint density at radius 1 is 1.19 bits per heavy atom. The van der Waals surface area contributed by atoms with Gasteiger partial charge in [0.2, 0.25) is 0 Å². The third kappa shape index (κ3) is 7.19. The molecule has 0 bridgehead atoms. The van der Waals surface area contributed by atoms with E-state index in [1.807, 2.05) is 6.92 Å². The first-order valence-electron chi connectivity index (χ1n) is 10.4. The average Bonchev–Trinajstić information content (AvgIpc) is 3.20. The van der Waals surface area contributed by atoms with Gasteiger partial charge in [0, 0.05) is 0 Å². The van der Waals surface area contributed by atoms with Crippen molar-refractivity contribution in [2.45, 2.75) is 58.3 Å². The summed E-state index contributed by atoms with van der Waals surface area (Å²) in [4.78, 5) is 5.23. The molecule has 1 aliphatic rings. The van der Waals surface area contributed by atoms with Crippen molar-refractivity contribution in [3.63, 3.8) is 0 Å². The van der Waals surface area contributed by atoms with Crippen molar-refractivity contribution in [1.82, 2.24) is 5.64 Å². The molecule has 6 nitrogen and oxygen atoms in total. The van der Waals surface area contributed by atoms with Crippen molar-refractivity contribution in [3.8, 4) is 5.75 Å². The van der Waals surface area contributed by atoms with Crippen molar-refractivity contribution < 1.29 is 42.6 Å². The topological polar surface area (TPSA) is 84.9 Å². The van der Waals surface area contributed by atoms with Gasteiger partial charge in [-0.05, 0) is 12.8 Å².